The van der Waals surface area contributed by atoms with Crippen LogP contribution in [0.1, 0.15) is 25.7 Å². The number of hydrogen-bond acceptors (Lipinski definition) is 4. The lowest BCUT2D eigenvalue weighted by atomic mass is 10.1. The fourth-order valence-corrected chi connectivity index (χ4v) is 5.91. The van der Waals surface area contributed by atoms with Crippen molar-refractivity contribution >= 4 is 27.4 Å². The van der Waals surface area contributed by atoms with Crippen LogP contribution in [-0.2, 0) is 10.0 Å². The first-order chi connectivity index (χ1) is 15.2. The number of nitrogens with one attached hydrogen (secondary N) is 2. The van der Waals surface area contributed by atoms with Gasteiger partial charge in [0.25, 0.3) is 0 Å². The van der Waals surface area contributed by atoms with Gasteiger partial charge in [-0.1, -0.05) is 0 Å². The van der Waals surface area contributed by atoms with Gasteiger partial charge in [0.15, 0.2) is 0 Å². The lowest BCUT2D eigenvalue weighted by Crippen LogP contribution is -2.47. The van der Waals surface area contributed by atoms with E-state index in [9.17, 15) is 22.0 Å². The highest BCUT2D eigenvalue weighted by Crippen LogP contribution is 2.36. The molecule has 0 aromatic heterocycles. The van der Waals surface area contributed by atoms with E-state index >= 15 is 0 Å². The zero-order chi connectivity index (χ0) is 22.9. The fraction of sp³-hybridized carbons (Fsp3) is 0.409. The molecular formula is C22H26F2N4O3S. The second-order valence-corrected chi connectivity index (χ2v) is 10.2. The van der Waals surface area contributed by atoms with Crippen molar-refractivity contribution in [3.8, 4) is 0 Å². The number of hydrogen-bond donors (Lipinski definition) is 2. The standard InChI is InChI=1S/C22H26F2N4O3S/c1-27-12-10-18(11-13-27)28(17-5-6-17)32(30,31)19-7-3-16(4-8-19)25-22(29)26-21-9-2-15(23)14-20(21)24/h2-4,7-9,14,17-18H,5-6,10-13H2,1H3,(H2,25,26,29). The van der Waals surface area contributed by atoms with Crippen molar-refractivity contribution in [1.82, 2.24) is 9.21 Å². The lowest BCUT2D eigenvalue weighted by Gasteiger charge is -2.36. The zero-order valence-electron chi connectivity index (χ0n) is 17.7. The van der Waals surface area contributed by atoms with Gasteiger partial charge in [-0.15, -0.1) is 0 Å². The van der Waals surface area contributed by atoms with E-state index in [4.69, 9.17) is 0 Å². The maximum atomic E-state index is 13.7. The third kappa shape index (κ3) is 5.08. The van der Waals surface area contributed by atoms with Crippen molar-refractivity contribution < 1.29 is 22.0 Å². The Labute approximate surface area is 186 Å². The molecule has 0 spiro atoms. The van der Waals surface area contributed by atoms with Crippen LogP contribution in [0.25, 0.3) is 0 Å². The number of sulfonamides is 1. The molecule has 2 fully saturated rings. The van der Waals surface area contributed by atoms with Crippen molar-refractivity contribution in [1.29, 1.82) is 0 Å². The summed E-state index contributed by atoms with van der Waals surface area (Å²) in [6.45, 7) is 1.74. The molecule has 2 aliphatic rings. The molecule has 0 unspecified atom stereocenters. The Morgan fingerprint density at radius 3 is 2.19 bits per heavy atom. The Hall–Kier alpha value is -2.56. The first kappa shape index (κ1) is 22.6. The molecule has 1 heterocycles. The third-order valence-corrected chi connectivity index (χ3v) is 7.84. The van der Waals surface area contributed by atoms with Crippen LogP contribution in [0, 0.1) is 11.6 Å². The summed E-state index contributed by atoms with van der Waals surface area (Å²) < 4.78 is 55.1. The average Bonchev–Trinajstić information content (AvgIpc) is 3.57. The molecule has 10 heteroatoms. The summed E-state index contributed by atoms with van der Waals surface area (Å²) >= 11 is 0. The number of likely N-dealkylation sites (tertiary alicyclic amines) is 1. The van der Waals surface area contributed by atoms with Crippen molar-refractivity contribution in [3.05, 3.63) is 54.1 Å². The maximum Gasteiger partial charge on any atom is 0.323 e. The highest BCUT2D eigenvalue weighted by atomic mass is 32.2. The molecule has 0 atom stereocenters. The summed E-state index contributed by atoms with van der Waals surface area (Å²) in [5.41, 5.74) is 0.183. The lowest BCUT2D eigenvalue weighted by molar-refractivity contribution is 0.178. The van der Waals surface area contributed by atoms with Gasteiger partial charge >= 0.3 is 6.03 Å². The van der Waals surface area contributed by atoms with Crippen molar-refractivity contribution in [2.24, 2.45) is 0 Å². The Morgan fingerprint density at radius 2 is 1.59 bits per heavy atom. The van der Waals surface area contributed by atoms with Crippen LogP contribution in [0.4, 0.5) is 25.0 Å². The molecule has 4 rings (SSSR count). The summed E-state index contributed by atoms with van der Waals surface area (Å²) in [6.07, 6.45) is 3.38. The monoisotopic (exact) mass is 464 g/mol. The van der Waals surface area contributed by atoms with Crippen LogP contribution in [0.15, 0.2) is 47.4 Å². The summed E-state index contributed by atoms with van der Waals surface area (Å²) in [5, 5.41) is 4.82. The second-order valence-electron chi connectivity index (χ2n) is 8.33. The highest BCUT2D eigenvalue weighted by Gasteiger charge is 2.43. The third-order valence-electron chi connectivity index (χ3n) is 5.82. The molecule has 1 aliphatic heterocycles. The molecule has 2 aromatic rings. The van der Waals surface area contributed by atoms with E-state index in [2.05, 4.69) is 15.5 Å². The molecule has 2 N–H and O–H groups in total. The van der Waals surface area contributed by atoms with Gasteiger partial charge in [-0.25, -0.2) is 22.0 Å². The Kier molecular flexibility index (Phi) is 6.45. The van der Waals surface area contributed by atoms with Gasteiger partial charge in [0.2, 0.25) is 10.0 Å². The summed E-state index contributed by atoms with van der Waals surface area (Å²) in [5.74, 6) is -1.64. The molecule has 1 saturated heterocycles. The smallest absolute Gasteiger partial charge is 0.308 e. The molecule has 2 amide bonds. The number of anilines is 2. The van der Waals surface area contributed by atoms with E-state index in [-0.39, 0.29) is 22.7 Å². The first-order valence-corrected chi connectivity index (χ1v) is 12.0. The van der Waals surface area contributed by atoms with Gasteiger partial charge < -0.3 is 15.5 Å². The maximum absolute atomic E-state index is 13.7. The highest BCUT2D eigenvalue weighted by molar-refractivity contribution is 7.89. The molecule has 0 bridgehead atoms. The molecule has 0 radical (unpaired) electrons. The minimum atomic E-state index is -3.66. The largest absolute Gasteiger partial charge is 0.323 e. The zero-order valence-corrected chi connectivity index (χ0v) is 18.5. The van der Waals surface area contributed by atoms with E-state index in [1.165, 1.54) is 24.3 Å². The summed E-state index contributed by atoms with van der Waals surface area (Å²) in [4.78, 5) is 14.5. The summed E-state index contributed by atoms with van der Waals surface area (Å²) in [7, 11) is -1.62. The number of amides is 2. The van der Waals surface area contributed by atoms with E-state index < -0.39 is 27.7 Å². The minimum Gasteiger partial charge on any atom is -0.308 e. The number of benzene rings is 2. The number of nitrogens with zero attached hydrogens (tertiary/aromatic N) is 2. The van der Waals surface area contributed by atoms with Gasteiger partial charge in [-0.3, -0.25) is 0 Å². The predicted octanol–water partition coefficient (Wildman–Crippen LogP) is 3.86. The molecule has 172 valence electrons. The predicted molar refractivity (Wildman–Crippen MR) is 118 cm³/mol. The first-order valence-electron chi connectivity index (χ1n) is 10.6. The van der Waals surface area contributed by atoms with E-state index in [0.29, 0.717) is 11.8 Å². The molecule has 1 saturated carbocycles. The van der Waals surface area contributed by atoms with Crippen LogP contribution < -0.4 is 10.6 Å². The fourth-order valence-electron chi connectivity index (χ4n) is 3.98. The van der Waals surface area contributed by atoms with Gasteiger partial charge in [0.1, 0.15) is 11.6 Å². The van der Waals surface area contributed by atoms with E-state index in [1.807, 2.05) is 7.05 Å². The van der Waals surface area contributed by atoms with Gasteiger partial charge in [-0.05, 0) is 82.2 Å². The van der Waals surface area contributed by atoms with Crippen molar-refractivity contribution in [2.75, 3.05) is 30.8 Å². The van der Waals surface area contributed by atoms with Crippen LogP contribution in [0.5, 0.6) is 0 Å². The van der Waals surface area contributed by atoms with Crippen molar-refractivity contribution in [2.45, 2.75) is 42.7 Å². The number of carbonyl (C=O) groups excluding carboxylic acids is 1. The van der Waals surface area contributed by atoms with E-state index in [1.54, 1.807) is 4.31 Å². The minimum absolute atomic E-state index is 0.00196. The Bertz CT molecular complexity index is 1080. The molecule has 2 aromatic carbocycles. The normalized spacial score (nSPS) is 18.0. The molecule has 7 nitrogen and oxygen atoms in total. The van der Waals surface area contributed by atoms with Crippen molar-refractivity contribution in [3.63, 3.8) is 0 Å². The topological polar surface area (TPSA) is 81.8 Å². The Morgan fingerprint density at radius 1 is 0.969 bits per heavy atom. The van der Waals surface area contributed by atoms with Crippen LogP contribution in [-0.4, -0.2) is 55.9 Å². The molecule has 32 heavy (non-hydrogen) atoms. The number of carbonyl (C=O) groups is 1. The van der Waals surface area contributed by atoms with Gasteiger partial charge in [0.05, 0.1) is 10.6 Å². The van der Waals surface area contributed by atoms with Crippen LogP contribution in [0.2, 0.25) is 0 Å². The molecule has 1 aliphatic carbocycles. The number of rotatable bonds is 6. The van der Waals surface area contributed by atoms with Gasteiger partial charge in [0, 0.05) is 23.8 Å². The number of halogens is 2. The number of piperidine rings is 1. The number of urea groups is 1. The van der Waals surface area contributed by atoms with Crippen LogP contribution >= 0.6 is 0 Å². The molecular weight excluding hydrogens is 438 g/mol. The van der Waals surface area contributed by atoms with Gasteiger partial charge in [-0.2, -0.15) is 4.31 Å². The second kappa shape index (κ2) is 9.13. The van der Waals surface area contributed by atoms with Crippen LogP contribution in [0.3, 0.4) is 0 Å². The Balaban J connectivity index is 1.44. The quantitative estimate of drug-likeness (QED) is 0.680. The SMILES string of the molecule is CN1CCC(N(C2CC2)S(=O)(=O)c2ccc(NC(=O)Nc3ccc(F)cc3F)cc2)CC1. The summed E-state index contributed by atoms with van der Waals surface area (Å²) in [6, 6.07) is 8.08. The average molecular weight is 465 g/mol. The van der Waals surface area contributed by atoms with E-state index in [0.717, 1.165) is 50.9 Å².